The van der Waals surface area contributed by atoms with Gasteiger partial charge in [-0.2, -0.15) is 0 Å². The summed E-state index contributed by atoms with van der Waals surface area (Å²) in [6.07, 6.45) is 8.23. The van der Waals surface area contributed by atoms with E-state index >= 15 is 0 Å². The molecule has 4 aromatic carbocycles. The molecule has 4 aliphatic rings. The summed E-state index contributed by atoms with van der Waals surface area (Å²) in [6.45, 7) is 51.0. The fourth-order valence-electron chi connectivity index (χ4n) is 11.4. The predicted molar refractivity (Wildman–Crippen MR) is 300 cm³/mol. The maximum absolute atomic E-state index is 6.61. The molecule has 9 heteroatoms. The Bertz CT molecular complexity index is 2230. The van der Waals surface area contributed by atoms with Gasteiger partial charge < -0.3 is 29.1 Å². The van der Waals surface area contributed by atoms with Crippen LogP contribution in [-0.4, -0.2) is 25.7 Å². The minimum absolute atomic E-state index is 0.106. The number of ether oxygens (including phenoxy) is 2. The molecule has 0 N–H and O–H groups in total. The van der Waals surface area contributed by atoms with Crippen molar-refractivity contribution in [2.45, 2.75) is 188 Å². The molecule has 0 saturated heterocycles. The Hall–Kier alpha value is -2.76. The van der Waals surface area contributed by atoms with Gasteiger partial charge in [-0.15, -0.1) is 0 Å². The van der Waals surface area contributed by atoms with E-state index < -0.39 is 0 Å². The van der Waals surface area contributed by atoms with Crippen molar-refractivity contribution in [2.24, 2.45) is 35.5 Å². The van der Waals surface area contributed by atoms with Gasteiger partial charge in [0.2, 0.25) is 13.3 Å². The molecule has 4 aromatic rings. The van der Waals surface area contributed by atoms with Gasteiger partial charge >= 0.3 is 35.0 Å². The quantitative estimate of drug-likeness (QED) is 0.131. The molecule has 0 unspecified atom stereocenters. The number of nitrogens with zero attached hydrogens (tertiary/aromatic N) is 4. The van der Waals surface area contributed by atoms with Crippen molar-refractivity contribution < 1.29 is 25.4 Å². The Balaban J connectivity index is 0.000000220. The third-order valence-electron chi connectivity index (χ3n) is 17.5. The first-order valence-corrected chi connectivity index (χ1v) is 30.6. The van der Waals surface area contributed by atoms with Gasteiger partial charge in [0.15, 0.2) is 0 Å². The van der Waals surface area contributed by atoms with E-state index in [1.807, 2.05) is 0 Å². The van der Waals surface area contributed by atoms with Gasteiger partial charge in [-0.05, 0) is 259 Å². The third-order valence-corrected chi connectivity index (χ3v) is 17.5. The van der Waals surface area contributed by atoms with Crippen LogP contribution in [0.25, 0.3) is 0 Å². The van der Waals surface area contributed by atoms with Crippen LogP contribution in [0.3, 0.4) is 0 Å². The number of fused-ring (bicyclic) bond motifs is 2. The van der Waals surface area contributed by atoms with E-state index in [0.29, 0.717) is 37.5 Å². The fraction of sp³-hybridized carbons (Fsp3) is 0.581. The van der Waals surface area contributed by atoms with Gasteiger partial charge in [0.05, 0.1) is 35.0 Å². The molecule has 6 nitrogen and oxygen atoms in total. The minimum atomic E-state index is -0.106. The number of halogens is 2. The second-order valence-corrected chi connectivity index (χ2v) is 25.2. The van der Waals surface area contributed by atoms with Gasteiger partial charge in [0.25, 0.3) is 0 Å². The number of anilines is 4. The molecule has 6 atom stereocenters. The molecule has 71 heavy (non-hydrogen) atoms. The van der Waals surface area contributed by atoms with Gasteiger partial charge in [-0.25, -0.2) is 0 Å². The summed E-state index contributed by atoms with van der Waals surface area (Å²) in [5.41, 5.74) is 24.0. The molecule has 4 radical (unpaired) electrons. The van der Waals surface area contributed by atoms with Crippen molar-refractivity contribution in [3.63, 3.8) is 0 Å². The van der Waals surface area contributed by atoms with Crippen molar-refractivity contribution >= 4 is 41.8 Å². The van der Waals surface area contributed by atoms with Crippen molar-refractivity contribution in [1.29, 1.82) is 0 Å². The predicted octanol–water partition coefficient (Wildman–Crippen LogP) is 17.0. The second-order valence-electron chi connectivity index (χ2n) is 22.9. The van der Waals surface area contributed by atoms with Crippen LogP contribution in [-0.2, 0) is 38.5 Å². The molecule has 2 aliphatic heterocycles. The van der Waals surface area contributed by atoms with Gasteiger partial charge in [0, 0.05) is 13.1 Å². The summed E-state index contributed by atoms with van der Waals surface area (Å²) in [4.78, 5) is 9.03. The van der Waals surface area contributed by atoms with Crippen molar-refractivity contribution in [3.8, 4) is 0 Å². The van der Waals surface area contributed by atoms with E-state index in [1.54, 1.807) is 0 Å². The zero-order valence-corrected chi connectivity index (χ0v) is 49.9. The summed E-state index contributed by atoms with van der Waals surface area (Å²) in [7, 11) is 9.63. The Morgan fingerprint density at radius 3 is 1.03 bits per heavy atom. The van der Waals surface area contributed by atoms with Crippen LogP contribution in [0.2, 0.25) is 0 Å². The molecule has 2 heterocycles. The number of rotatable bonds is 12. The first-order valence-electron chi connectivity index (χ1n) is 26.6. The molecule has 0 aromatic heterocycles. The van der Waals surface area contributed by atoms with E-state index in [9.17, 15) is 0 Å². The Morgan fingerprint density at radius 2 is 0.746 bits per heavy atom. The van der Waals surface area contributed by atoms with Crippen LogP contribution in [0.5, 0.6) is 0 Å². The van der Waals surface area contributed by atoms with E-state index in [1.165, 1.54) is 139 Å². The van der Waals surface area contributed by atoms with Crippen LogP contribution >= 0.6 is 19.1 Å². The fourth-order valence-corrected chi connectivity index (χ4v) is 11.4. The number of hydrogen-bond donors (Lipinski definition) is 0. The first-order chi connectivity index (χ1) is 33.5. The standard InChI is InChI=1S/2C31H44N2O.2ClH.Pd/c2*1-19(2)27-11-10-20(3)31(15-27)34-18-33-17-32(29-13-21(4)22(5)14-30(29)33)16-28-25(8)23(6)12-24(7)26(28)9;;;/h2*12-14,19-20,27,31H,10-11,15-16,18H2,1-9H3;2*1H;/q;;;;+2/p-2/t2*20-,27+,31-;;;/m00.../s1. The summed E-state index contributed by atoms with van der Waals surface area (Å²) in [5, 5.41) is 0. The summed E-state index contributed by atoms with van der Waals surface area (Å²) < 4.78 is 13.2. The second kappa shape index (κ2) is 25.2. The Morgan fingerprint density at radius 1 is 0.465 bits per heavy atom. The summed E-state index contributed by atoms with van der Waals surface area (Å²) >= 11 is -0.106. The third kappa shape index (κ3) is 13.6. The molecule has 0 bridgehead atoms. The van der Waals surface area contributed by atoms with E-state index in [-0.39, 0.29) is 15.9 Å². The monoisotopic (exact) mass is 1100 g/mol. The maximum atomic E-state index is 6.61. The molecule has 0 amide bonds. The average Bonchev–Trinajstić information content (AvgIpc) is 3.82. The molecule has 8 rings (SSSR count). The Kier molecular flexibility index (Phi) is 20.4. The molecular formula is C62H88Cl2N4O2Pd. The number of hydrogen-bond acceptors (Lipinski definition) is 6. The average molecular weight is 1100 g/mol. The van der Waals surface area contributed by atoms with Crippen LogP contribution in [0.1, 0.15) is 158 Å². The van der Waals surface area contributed by atoms with Crippen LogP contribution < -0.4 is 19.6 Å². The molecule has 392 valence electrons. The summed E-state index contributed by atoms with van der Waals surface area (Å²) in [5.74, 6) is 4.25. The van der Waals surface area contributed by atoms with Crippen molar-refractivity contribution in [2.75, 3.05) is 33.1 Å². The van der Waals surface area contributed by atoms with Crippen molar-refractivity contribution in [3.05, 3.63) is 128 Å². The van der Waals surface area contributed by atoms with Gasteiger partial charge in [-0.3, -0.25) is 0 Å². The van der Waals surface area contributed by atoms with E-state index in [2.05, 4.69) is 194 Å². The molecule has 2 fully saturated rings. The van der Waals surface area contributed by atoms with Crippen LogP contribution in [0.4, 0.5) is 22.7 Å². The zero-order valence-electron chi connectivity index (χ0n) is 46.8. The molecule has 2 aliphatic carbocycles. The van der Waals surface area contributed by atoms with Gasteiger partial charge in [0.1, 0.15) is 13.5 Å². The van der Waals surface area contributed by atoms with E-state index in [4.69, 9.17) is 28.5 Å². The zero-order chi connectivity index (χ0) is 52.2. The number of benzene rings is 4. The topological polar surface area (TPSA) is 31.4 Å². The normalized spacial score (nSPS) is 21.9. The van der Waals surface area contributed by atoms with Crippen LogP contribution in [0, 0.1) is 132 Å². The molecule has 0 spiro atoms. The molecular weight excluding hydrogens is 1010 g/mol. The van der Waals surface area contributed by atoms with Gasteiger partial charge in [-0.1, -0.05) is 53.7 Å². The SMILES string of the molecule is Cc1cc2c(cc1C)N(Cc1c(C)c(C)cc(C)c1C)[C]N2CO[C@H]1C[C@H](C(C)C)CC[C@@H]1C.Cc1cc2c(cc1C)N(Cc1c(C)c(C)cc(C)c1C)[C]N2CO[C@H]1C[C@H](C(C)C)CC[C@@H]1C.[Cl][Pd][Cl]. The van der Waals surface area contributed by atoms with E-state index in [0.717, 1.165) is 36.8 Å². The van der Waals surface area contributed by atoms with Crippen LogP contribution in [0.15, 0.2) is 36.4 Å². The Labute approximate surface area is 449 Å². The molecule has 2 saturated carbocycles. The van der Waals surface area contributed by atoms with Crippen molar-refractivity contribution in [1.82, 2.24) is 0 Å². The first kappa shape index (κ1) is 57.5. The number of aryl methyl sites for hydroxylation is 8. The summed E-state index contributed by atoms with van der Waals surface area (Å²) in [6, 6.07) is 13.9.